The molecule has 17 heavy (non-hydrogen) atoms. The van der Waals surface area contributed by atoms with E-state index in [2.05, 4.69) is 27.4 Å². The molecule has 0 radical (unpaired) electrons. The standard InChI is InChI=1S/C11H16N6/c1-9(5-4-7-12)17-11(14-15-16-17)10-6-2-3-8-13-10/h2-3,6,8-9H,4-5,7,12H2,1H3. The van der Waals surface area contributed by atoms with Gasteiger partial charge in [0.2, 0.25) is 5.82 Å². The molecule has 0 saturated heterocycles. The molecule has 2 N–H and O–H groups in total. The van der Waals surface area contributed by atoms with Crippen molar-refractivity contribution in [1.29, 1.82) is 0 Å². The smallest absolute Gasteiger partial charge is 0.200 e. The first-order valence-corrected chi connectivity index (χ1v) is 5.72. The Morgan fingerprint density at radius 2 is 2.29 bits per heavy atom. The summed E-state index contributed by atoms with van der Waals surface area (Å²) in [6, 6.07) is 5.92. The second kappa shape index (κ2) is 5.49. The summed E-state index contributed by atoms with van der Waals surface area (Å²) in [6.45, 7) is 2.77. The van der Waals surface area contributed by atoms with Gasteiger partial charge in [-0.05, 0) is 48.9 Å². The van der Waals surface area contributed by atoms with Crippen LogP contribution in [0.1, 0.15) is 25.8 Å². The lowest BCUT2D eigenvalue weighted by Gasteiger charge is -2.12. The zero-order valence-electron chi connectivity index (χ0n) is 9.82. The van der Waals surface area contributed by atoms with Crippen molar-refractivity contribution in [1.82, 2.24) is 25.2 Å². The highest BCUT2D eigenvalue weighted by Gasteiger charge is 2.14. The molecule has 0 aliphatic rings. The summed E-state index contributed by atoms with van der Waals surface area (Å²) >= 11 is 0. The van der Waals surface area contributed by atoms with Gasteiger partial charge in [0, 0.05) is 6.20 Å². The minimum Gasteiger partial charge on any atom is -0.330 e. The van der Waals surface area contributed by atoms with Gasteiger partial charge in [-0.1, -0.05) is 6.07 Å². The Labute approximate surface area is 99.9 Å². The summed E-state index contributed by atoms with van der Waals surface area (Å²) in [7, 11) is 0. The molecule has 0 aliphatic carbocycles. The highest BCUT2D eigenvalue weighted by Crippen LogP contribution is 2.18. The lowest BCUT2D eigenvalue weighted by atomic mass is 10.2. The summed E-state index contributed by atoms with van der Waals surface area (Å²) in [5, 5.41) is 11.8. The van der Waals surface area contributed by atoms with Gasteiger partial charge in [0.1, 0.15) is 5.69 Å². The van der Waals surface area contributed by atoms with Crippen LogP contribution in [0.15, 0.2) is 24.4 Å². The highest BCUT2D eigenvalue weighted by molar-refractivity contribution is 5.47. The van der Waals surface area contributed by atoms with E-state index in [-0.39, 0.29) is 6.04 Å². The van der Waals surface area contributed by atoms with Crippen molar-refractivity contribution in [2.75, 3.05) is 6.54 Å². The molecule has 0 aliphatic heterocycles. The van der Waals surface area contributed by atoms with Gasteiger partial charge in [0.05, 0.1) is 6.04 Å². The molecule has 2 heterocycles. The van der Waals surface area contributed by atoms with E-state index >= 15 is 0 Å². The molecular weight excluding hydrogens is 216 g/mol. The maximum Gasteiger partial charge on any atom is 0.200 e. The molecule has 0 saturated carbocycles. The average Bonchev–Trinajstić information content (AvgIpc) is 2.86. The second-order valence-electron chi connectivity index (χ2n) is 3.94. The molecule has 0 spiro atoms. The first kappa shape index (κ1) is 11.7. The van der Waals surface area contributed by atoms with E-state index < -0.39 is 0 Å². The lowest BCUT2D eigenvalue weighted by molar-refractivity contribution is 0.442. The van der Waals surface area contributed by atoms with Crippen LogP contribution >= 0.6 is 0 Å². The number of hydrogen-bond acceptors (Lipinski definition) is 5. The number of rotatable bonds is 5. The fraction of sp³-hybridized carbons (Fsp3) is 0.455. The van der Waals surface area contributed by atoms with Crippen LogP contribution < -0.4 is 5.73 Å². The maximum absolute atomic E-state index is 5.51. The van der Waals surface area contributed by atoms with E-state index in [0.717, 1.165) is 18.5 Å². The average molecular weight is 232 g/mol. The van der Waals surface area contributed by atoms with Crippen LogP contribution in [0.25, 0.3) is 11.5 Å². The predicted molar refractivity (Wildman–Crippen MR) is 64.0 cm³/mol. The van der Waals surface area contributed by atoms with Crippen LogP contribution in [0, 0.1) is 0 Å². The lowest BCUT2D eigenvalue weighted by Crippen LogP contribution is -2.11. The van der Waals surface area contributed by atoms with Crippen LogP contribution in [0.2, 0.25) is 0 Å². The van der Waals surface area contributed by atoms with E-state index in [1.807, 2.05) is 18.2 Å². The quantitative estimate of drug-likeness (QED) is 0.832. The zero-order chi connectivity index (χ0) is 12.1. The van der Waals surface area contributed by atoms with E-state index in [9.17, 15) is 0 Å². The Hall–Kier alpha value is -1.82. The molecule has 2 aromatic heterocycles. The number of nitrogens with two attached hydrogens (primary N) is 1. The number of nitrogens with zero attached hydrogens (tertiary/aromatic N) is 5. The molecule has 0 fully saturated rings. The van der Waals surface area contributed by atoms with Crippen molar-refractivity contribution in [3.05, 3.63) is 24.4 Å². The van der Waals surface area contributed by atoms with Crippen LogP contribution in [-0.4, -0.2) is 31.7 Å². The Balaban J connectivity index is 2.23. The van der Waals surface area contributed by atoms with Gasteiger partial charge in [-0.2, -0.15) is 0 Å². The Bertz CT molecular complexity index is 452. The number of pyridine rings is 1. The Morgan fingerprint density at radius 3 is 3.00 bits per heavy atom. The minimum absolute atomic E-state index is 0.227. The summed E-state index contributed by atoms with van der Waals surface area (Å²) < 4.78 is 1.80. The molecule has 6 heteroatoms. The molecule has 0 bridgehead atoms. The Morgan fingerprint density at radius 1 is 1.41 bits per heavy atom. The summed E-state index contributed by atoms with van der Waals surface area (Å²) in [5.41, 5.74) is 6.30. The SMILES string of the molecule is CC(CCCN)n1nnnc1-c1ccccn1. The summed E-state index contributed by atoms with van der Waals surface area (Å²) in [6.07, 6.45) is 3.66. The molecule has 0 aromatic carbocycles. The van der Waals surface area contributed by atoms with Crippen molar-refractivity contribution in [3.63, 3.8) is 0 Å². The van der Waals surface area contributed by atoms with Crippen molar-refractivity contribution in [3.8, 4) is 11.5 Å². The normalized spacial score (nSPS) is 12.6. The molecule has 2 rings (SSSR count). The molecule has 2 aromatic rings. The molecule has 1 atom stereocenters. The van der Waals surface area contributed by atoms with Crippen LogP contribution in [-0.2, 0) is 0 Å². The topological polar surface area (TPSA) is 82.5 Å². The first-order chi connectivity index (χ1) is 8.33. The summed E-state index contributed by atoms with van der Waals surface area (Å²) in [4.78, 5) is 4.26. The van der Waals surface area contributed by atoms with Gasteiger partial charge < -0.3 is 5.73 Å². The van der Waals surface area contributed by atoms with Gasteiger partial charge in [0.15, 0.2) is 0 Å². The molecule has 0 amide bonds. The molecular formula is C11H16N6. The number of hydrogen-bond donors (Lipinski definition) is 1. The molecule has 1 unspecified atom stereocenters. The van der Waals surface area contributed by atoms with Crippen LogP contribution in [0.4, 0.5) is 0 Å². The fourth-order valence-corrected chi connectivity index (χ4v) is 1.69. The van der Waals surface area contributed by atoms with E-state index in [4.69, 9.17) is 5.73 Å². The van der Waals surface area contributed by atoms with Crippen LogP contribution in [0.3, 0.4) is 0 Å². The van der Waals surface area contributed by atoms with E-state index in [1.165, 1.54) is 0 Å². The van der Waals surface area contributed by atoms with Crippen molar-refractivity contribution in [2.24, 2.45) is 5.73 Å². The minimum atomic E-state index is 0.227. The van der Waals surface area contributed by atoms with Gasteiger partial charge in [-0.3, -0.25) is 4.98 Å². The van der Waals surface area contributed by atoms with Crippen molar-refractivity contribution < 1.29 is 0 Å². The molecule has 6 nitrogen and oxygen atoms in total. The highest BCUT2D eigenvalue weighted by atomic mass is 15.5. The Kier molecular flexibility index (Phi) is 3.77. The van der Waals surface area contributed by atoms with Gasteiger partial charge in [-0.15, -0.1) is 5.10 Å². The maximum atomic E-state index is 5.51. The zero-order valence-corrected chi connectivity index (χ0v) is 9.82. The molecule has 90 valence electrons. The predicted octanol–water partition coefficient (Wildman–Crippen LogP) is 1.03. The van der Waals surface area contributed by atoms with E-state index in [1.54, 1.807) is 10.9 Å². The second-order valence-corrected chi connectivity index (χ2v) is 3.94. The van der Waals surface area contributed by atoms with Gasteiger partial charge >= 0.3 is 0 Å². The fourth-order valence-electron chi connectivity index (χ4n) is 1.69. The van der Waals surface area contributed by atoms with Gasteiger partial charge in [0.25, 0.3) is 0 Å². The third kappa shape index (κ3) is 2.65. The van der Waals surface area contributed by atoms with Crippen molar-refractivity contribution >= 4 is 0 Å². The third-order valence-electron chi connectivity index (χ3n) is 2.63. The number of tetrazole rings is 1. The summed E-state index contributed by atoms with van der Waals surface area (Å²) in [5.74, 6) is 0.704. The van der Waals surface area contributed by atoms with Gasteiger partial charge in [-0.25, -0.2) is 4.68 Å². The third-order valence-corrected chi connectivity index (χ3v) is 2.63. The van der Waals surface area contributed by atoms with Crippen LogP contribution in [0.5, 0.6) is 0 Å². The largest absolute Gasteiger partial charge is 0.330 e. The van der Waals surface area contributed by atoms with E-state index in [0.29, 0.717) is 12.4 Å². The number of aromatic nitrogens is 5. The monoisotopic (exact) mass is 232 g/mol. The van der Waals surface area contributed by atoms with Crippen molar-refractivity contribution in [2.45, 2.75) is 25.8 Å². The first-order valence-electron chi connectivity index (χ1n) is 5.72.